The molecule has 1 amide bonds. The largest absolute Gasteiger partial charge is 0.490 e. The molecular weight excluding hydrogens is 432 g/mol. The lowest BCUT2D eigenvalue weighted by atomic mass is 10.0. The van der Waals surface area contributed by atoms with Crippen LogP contribution < -0.4 is 5.32 Å². The van der Waals surface area contributed by atoms with Crippen LogP contribution in [-0.2, 0) is 20.8 Å². The molecule has 2 aromatic carbocycles. The predicted molar refractivity (Wildman–Crippen MR) is 128 cm³/mol. The molecule has 34 heavy (non-hydrogen) atoms. The average Bonchev–Trinajstić information content (AvgIpc) is 3.48. The van der Waals surface area contributed by atoms with Crippen molar-refractivity contribution < 1.29 is 24.2 Å². The van der Waals surface area contributed by atoms with Gasteiger partial charge in [-0.2, -0.15) is 0 Å². The Morgan fingerprint density at radius 2 is 1.91 bits per heavy atom. The van der Waals surface area contributed by atoms with Gasteiger partial charge in [-0.05, 0) is 36.6 Å². The normalized spacial score (nSPS) is 14.9. The monoisotopic (exact) mass is 458 g/mol. The lowest BCUT2D eigenvalue weighted by molar-refractivity contribution is -0.118. The smallest absolute Gasteiger partial charge is 0.335 e. The quantitative estimate of drug-likeness (QED) is 0.486. The number of carbonyl (C=O) groups is 2. The van der Waals surface area contributed by atoms with Gasteiger partial charge in [0.05, 0.1) is 17.7 Å². The predicted octanol–water partition coefficient (Wildman–Crippen LogP) is 4.49. The van der Waals surface area contributed by atoms with E-state index in [2.05, 4.69) is 28.2 Å². The van der Waals surface area contributed by atoms with E-state index in [1.807, 2.05) is 24.3 Å². The number of aromatic carboxylic acids is 1. The fourth-order valence-corrected chi connectivity index (χ4v) is 4.40. The van der Waals surface area contributed by atoms with Crippen molar-refractivity contribution in [1.29, 1.82) is 0 Å². The van der Waals surface area contributed by atoms with Crippen LogP contribution in [0.4, 0.5) is 0 Å². The number of aryl methyl sites for hydroxylation is 1. The molecule has 5 rings (SSSR count). The fourth-order valence-electron chi connectivity index (χ4n) is 4.40. The van der Waals surface area contributed by atoms with Crippen molar-refractivity contribution in [2.24, 2.45) is 0 Å². The Hall–Kier alpha value is -4.00. The summed E-state index contributed by atoms with van der Waals surface area (Å²) in [5.41, 5.74) is 3.91. The zero-order chi connectivity index (χ0) is 23.5. The third-order valence-corrected chi connectivity index (χ3v) is 6.19. The van der Waals surface area contributed by atoms with Gasteiger partial charge in [-0.25, -0.2) is 4.79 Å². The second-order valence-electron chi connectivity index (χ2n) is 8.45. The maximum absolute atomic E-state index is 12.5. The molecule has 0 spiro atoms. The van der Waals surface area contributed by atoms with Crippen LogP contribution in [0.1, 0.15) is 29.6 Å². The second kappa shape index (κ2) is 9.47. The first-order valence-corrected chi connectivity index (χ1v) is 11.5. The third-order valence-electron chi connectivity index (χ3n) is 6.19. The molecule has 0 saturated carbocycles. The summed E-state index contributed by atoms with van der Waals surface area (Å²) in [7, 11) is 0. The van der Waals surface area contributed by atoms with Gasteiger partial charge in [-0.1, -0.05) is 36.4 Å². The van der Waals surface area contributed by atoms with Gasteiger partial charge in [-0.3, -0.25) is 4.79 Å². The molecule has 174 valence electrons. The number of fused-ring (bicyclic) bond motifs is 1. The molecular formula is C27H26N2O5. The standard InChI is InChI=1S/C27H26N2O5/c30-26(20-15-25-24(34-17-20)10-13-33-25)28-11-4-5-12-29-16-22(18-6-2-1-3-7-18)21-9-8-19(27(31)32)14-23(21)29/h1-3,6-9,14-16H,4-5,10-13,17H2,(H,28,30)(H,31,32). The molecule has 7 heteroatoms. The number of benzene rings is 2. The van der Waals surface area contributed by atoms with Gasteiger partial charge in [0, 0.05) is 42.2 Å². The number of rotatable bonds is 8. The lowest BCUT2D eigenvalue weighted by Gasteiger charge is -2.15. The summed E-state index contributed by atoms with van der Waals surface area (Å²) in [4.78, 5) is 24.0. The van der Waals surface area contributed by atoms with Gasteiger partial charge in [0.15, 0.2) is 5.76 Å². The number of aromatic nitrogens is 1. The van der Waals surface area contributed by atoms with Crippen LogP contribution in [-0.4, -0.2) is 41.3 Å². The number of unbranched alkanes of at least 4 members (excludes halogenated alkanes) is 1. The van der Waals surface area contributed by atoms with Crippen LogP contribution >= 0.6 is 0 Å². The van der Waals surface area contributed by atoms with Gasteiger partial charge in [-0.15, -0.1) is 0 Å². The number of hydrogen-bond donors (Lipinski definition) is 2. The van der Waals surface area contributed by atoms with Crippen LogP contribution in [0.15, 0.2) is 77.9 Å². The molecule has 7 nitrogen and oxygen atoms in total. The number of hydrogen-bond acceptors (Lipinski definition) is 4. The molecule has 0 saturated heterocycles. The average molecular weight is 459 g/mol. The van der Waals surface area contributed by atoms with E-state index in [-0.39, 0.29) is 18.1 Å². The van der Waals surface area contributed by atoms with Gasteiger partial charge in [0.1, 0.15) is 12.4 Å². The summed E-state index contributed by atoms with van der Waals surface area (Å²) < 4.78 is 13.2. The number of allylic oxidation sites excluding steroid dienone is 1. The minimum Gasteiger partial charge on any atom is -0.490 e. The van der Waals surface area contributed by atoms with Crippen molar-refractivity contribution in [3.63, 3.8) is 0 Å². The van der Waals surface area contributed by atoms with E-state index in [1.54, 1.807) is 18.2 Å². The molecule has 1 aromatic heterocycles. The highest BCUT2D eigenvalue weighted by Gasteiger charge is 2.24. The first kappa shape index (κ1) is 21.8. The Bertz CT molecular complexity index is 1300. The van der Waals surface area contributed by atoms with Crippen LogP contribution in [0.2, 0.25) is 0 Å². The van der Waals surface area contributed by atoms with Gasteiger partial charge in [0.25, 0.3) is 5.91 Å². The molecule has 3 aromatic rings. The molecule has 0 atom stereocenters. The Labute approximate surface area is 197 Å². The van der Waals surface area contributed by atoms with Crippen LogP contribution in [0, 0.1) is 0 Å². The molecule has 2 aliphatic rings. The van der Waals surface area contributed by atoms with E-state index in [9.17, 15) is 14.7 Å². The highest BCUT2D eigenvalue weighted by atomic mass is 16.5. The first-order valence-electron chi connectivity index (χ1n) is 11.5. The molecule has 0 bridgehead atoms. The first-order chi connectivity index (χ1) is 16.6. The number of carbonyl (C=O) groups excluding carboxylic acids is 1. The van der Waals surface area contributed by atoms with E-state index < -0.39 is 5.97 Å². The SMILES string of the molecule is O=C(NCCCCn1cc(-c2ccccc2)c2ccc(C(=O)O)cc21)C1=CC2=C(CCO2)OC1. The van der Waals surface area contributed by atoms with E-state index in [0.29, 0.717) is 24.5 Å². The van der Waals surface area contributed by atoms with Crippen molar-refractivity contribution in [3.8, 4) is 11.1 Å². The van der Waals surface area contributed by atoms with Crippen molar-refractivity contribution in [2.75, 3.05) is 19.8 Å². The van der Waals surface area contributed by atoms with E-state index in [0.717, 1.165) is 53.6 Å². The number of ether oxygens (including phenoxy) is 2. The van der Waals surface area contributed by atoms with Crippen molar-refractivity contribution >= 4 is 22.8 Å². The minimum absolute atomic E-state index is 0.133. The van der Waals surface area contributed by atoms with E-state index in [1.165, 1.54) is 0 Å². The molecule has 0 fully saturated rings. The Morgan fingerprint density at radius 3 is 2.74 bits per heavy atom. The molecule has 0 unspecified atom stereocenters. The maximum Gasteiger partial charge on any atom is 0.335 e. The lowest BCUT2D eigenvalue weighted by Crippen LogP contribution is -2.29. The summed E-state index contributed by atoms with van der Waals surface area (Å²) in [6, 6.07) is 15.3. The molecule has 2 aliphatic heterocycles. The Balaban J connectivity index is 1.24. The number of nitrogens with one attached hydrogen (secondary N) is 1. The van der Waals surface area contributed by atoms with Crippen LogP contribution in [0.25, 0.3) is 22.0 Å². The fraction of sp³-hybridized carbons (Fsp3) is 0.259. The highest BCUT2D eigenvalue weighted by molar-refractivity contribution is 6.00. The van der Waals surface area contributed by atoms with Crippen LogP contribution in [0.3, 0.4) is 0 Å². The number of nitrogens with zero attached hydrogens (tertiary/aromatic N) is 1. The number of carboxylic acid groups (broad SMARTS) is 1. The van der Waals surface area contributed by atoms with Gasteiger partial charge in [0.2, 0.25) is 0 Å². The van der Waals surface area contributed by atoms with Gasteiger partial charge >= 0.3 is 5.97 Å². The summed E-state index contributed by atoms with van der Waals surface area (Å²) in [5, 5.41) is 13.4. The van der Waals surface area contributed by atoms with E-state index >= 15 is 0 Å². The highest BCUT2D eigenvalue weighted by Crippen LogP contribution is 2.32. The van der Waals surface area contributed by atoms with Crippen molar-refractivity contribution in [1.82, 2.24) is 9.88 Å². The zero-order valence-electron chi connectivity index (χ0n) is 18.8. The van der Waals surface area contributed by atoms with Crippen molar-refractivity contribution in [2.45, 2.75) is 25.8 Å². The van der Waals surface area contributed by atoms with E-state index in [4.69, 9.17) is 9.47 Å². The third kappa shape index (κ3) is 4.41. The molecule has 0 radical (unpaired) electrons. The van der Waals surface area contributed by atoms with Gasteiger partial charge < -0.3 is 24.5 Å². The zero-order valence-corrected chi connectivity index (χ0v) is 18.8. The molecule has 2 N–H and O–H groups in total. The Kier molecular flexibility index (Phi) is 6.08. The second-order valence-corrected chi connectivity index (χ2v) is 8.45. The Morgan fingerprint density at radius 1 is 1.06 bits per heavy atom. The summed E-state index contributed by atoms with van der Waals surface area (Å²) in [6.07, 6.45) is 6.25. The topological polar surface area (TPSA) is 89.8 Å². The van der Waals surface area contributed by atoms with Crippen LogP contribution in [0.5, 0.6) is 0 Å². The van der Waals surface area contributed by atoms with Crippen molar-refractivity contribution in [3.05, 3.63) is 83.5 Å². The number of carboxylic acids is 1. The maximum atomic E-state index is 12.5. The summed E-state index contributed by atoms with van der Waals surface area (Å²) in [5.74, 6) is 0.429. The molecule has 3 heterocycles. The number of amides is 1. The minimum atomic E-state index is -0.939. The molecule has 0 aliphatic carbocycles. The summed E-state index contributed by atoms with van der Waals surface area (Å²) in [6.45, 7) is 2.15. The summed E-state index contributed by atoms with van der Waals surface area (Å²) >= 11 is 0.